The molecule has 0 unspecified atom stereocenters. The number of para-hydroxylation sites is 2. The zero-order chi connectivity index (χ0) is 14.5. The number of hydrogen-bond donors (Lipinski definition) is 1. The van der Waals surface area contributed by atoms with E-state index >= 15 is 0 Å². The summed E-state index contributed by atoms with van der Waals surface area (Å²) in [7, 11) is 0. The molecule has 0 aromatic heterocycles. The van der Waals surface area contributed by atoms with Gasteiger partial charge in [0.15, 0.2) is 11.6 Å². The molecule has 1 aliphatic heterocycles. The highest BCUT2D eigenvalue weighted by molar-refractivity contribution is 5.63. The molecule has 4 heteroatoms. The van der Waals surface area contributed by atoms with E-state index in [0.717, 1.165) is 30.8 Å². The second-order valence-electron chi connectivity index (χ2n) is 4.95. The number of halogens is 1. The zero-order valence-corrected chi connectivity index (χ0v) is 11.8. The maximum atomic E-state index is 13.4. The van der Waals surface area contributed by atoms with Crippen LogP contribution in [0.5, 0.6) is 11.5 Å². The highest BCUT2D eigenvalue weighted by atomic mass is 19.1. The molecule has 0 amide bonds. The third kappa shape index (κ3) is 3.27. The molecule has 1 heterocycles. The van der Waals surface area contributed by atoms with E-state index < -0.39 is 0 Å². The average Bonchev–Trinajstić information content (AvgIpc) is 2.53. The molecular formula is C17H18FNO2. The summed E-state index contributed by atoms with van der Waals surface area (Å²) in [5.74, 6) is 0.745. The Bertz CT molecular complexity index is 615. The van der Waals surface area contributed by atoms with Gasteiger partial charge in [0.25, 0.3) is 0 Å². The Morgan fingerprint density at radius 2 is 1.71 bits per heavy atom. The van der Waals surface area contributed by atoms with Crippen LogP contribution in [0.15, 0.2) is 42.5 Å². The summed E-state index contributed by atoms with van der Waals surface area (Å²) in [6, 6.07) is 12.4. The van der Waals surface area contributed by atoms with Gasteiger partial charge in [0.2, 0.25) is 0 Å². The second kappa shape index (κ2) is 6.48. The van der Waals surface area contributed by atoms with Crippen molar-refractivity contribution in [2.45, 2.75) is 12.8 Å². The number of benzene rings is 2. The third-order valence-corrected chi connectivity index (χ3v) is 3.47. The van der Waals surface area contributed by atoms with Crippen LogP contribution < -0.4 is 14.8 Å². The maximum Gasteiger partial charge on any atom is 0.165 e. The van der Waals surface area contributed by atoms with Crippen molar-refractivity contribution in [3.8, 4) is 11.5 Å². The molecule has 1 aliphatic rings. The number of anilines is 1. The lowest BCUT2D eigenvalue weighted by molar-refractivity contribution is 0.212. The number of hydrogen-bond acceptors (Lipinski definition) is 3. The minimum atomic E-state index is -0.351. The van der Waals surface area contributed by atoms with E-state index in [1.165, 1.54) is 11.6 Å². The fraction of sp³-hybridized carbons (Fsp3) is 0.294. The number of fused-ring (bicyclic) bond motifs is 1. The normalized spacial score (nSPS) is 13.2. The van der Waals surface area contributed by atoms with Crippen LogP contribution in [0.1, 0.15) is 12.0 Å². The van der Waals surface area contributed by atoms with Crippen LogP contribution >= 0.6 is 0 Å². The van der Waals surface area contributed by atoms with Gasteiger partial charge in [-0.25, -0.2) is 4.39 Å². The van der Waals surface area contributed by atoms with E-state index in [9.17, 15) is 4.39 Å². The van der Waals surface area contributed by atoms with Gasteiger partial charge >= 0.3 is 0 Å². The maximum absolute atomic E-state index is 13.4. The Balaban J connectivity index is 1.55. The van der Waals surface area contributed by atoms with Gasteiger partial charge in [0, 0.05) is 6.54 Å². The Labute approximate surface area is 123 Å². The molecule has 2 aromatic carbocycles. The van der Waals surface area contributed by atoms with Gasteiger partial charge in [-0.2, -0.15) is 0 Å². The van der Waals surface area contributed by atoms with Crippen molar-refractivity contribution in [1.82, 2.24) is 0 Å². The Hall–Kier alpha value is -2.23. The smallest absolute Gasteiger partial charge is 0.165 e. The van der Waals surface area contributed by atoms with Gasteiger partial charge in [-0.1, -0.05) is 24.3 Å². The number of aryl methyl sites for hydroxylation is 1. The summed E-state index contributed by atoms with van der Waals surface area (Å²) in [5, 5.41) is 3.37. The monoisotopic (exact) mass is 287 g/mol. The molecule has 0 bridgehead atoms. The molecule has 0 saturated carbocycles. The van der Waals surface area contributed by atoms with E-state index in [1.807, 2.05) is 12.1 Å². The fourth-order valence-corrected chi connectivity index (χ4v) is 2.46. The van der Waals surface area contributed by atoms with Crippen molar-refractivity contribution in [2.75, 3.05) is 25.1 Å². The van der Waals surface area contributed by atoms with Crippen molar-refractivity contribution >= 4 is 5.69 Å². The van der Waals surface area contributed by atoms with Crippen molar-refractivity contribution in [2.24, 2.45) is 0 Å². The Kier molecular flexibility index (Phi) is 4.24. The van der Waals surface area contributed by atoms with E-state index in [-0.39, 0.29) is 11.6 Å². The summed E-state index contributed by atoms with van der Waals surface area (Å²) in [4.78, 5) is 0. The first-order valence-corrected chi connectivity index (χ1v) is 7.20. The predicted octanol–water partition coefficient (Wildman–Crippen LogP) is 3.64. The summed E-state index contributed by atoms with van der Waals surface area (Å²) < 4.78 is 24.5. The number of ether oxygens (including phenoxy) is 2. The topological polar surface area (TPSA) is 30.5 Å². The van der Waals surface area contributed by atoms with Crippen molar-refractivity contribution in [1.29, 1.82) is 0 Å². The highest BCUT2D eigenvalue weighted by Gasteiger charge is 2.13. The molecule has 0 atom stereocenters. The van der Waals surface area contributed by atoms with Gasteiger partial charge in [-0.3, -0.25) is 0 Å². The molecule has 0 fully saturated rings. The quantitative estimate of drug-likeness (QED) is 0.852. The molecule has 0 saturated heterocycles. The Morgan fingerprint density at radius 3 is 2.57 bits per heavy atom. The molecule has 0 spiro atoms. The van der Waals surface area contributed by atoms with Crippen LogP contribution in [0.3, 0.4) is 0 Å². The third-order valence-electron chi connectivity index (χ3n) is 3.47. The largest absolute Gasteiger partial charge is 0.488 e. The summed E-state index contributed by atoms with van der Waals surface area (Å²) >= 11 is 0. The van der Waals surface area contributed by atoms with Crippen LogP contribution in [-0.4, -0.2) is 19.8 Å². The minimum absolute atomic E-state index is 0.259. The number of nitrogens with one attached hydrogen (secondary N) is 1. The SMILES string of the molecule is Fc1ccccc1OCCOc1cccc2c1NCCC2. The highest BCUT2D eigenvalue weighted by Crippen LogP contribution is 2.31. The molecular weight excluding hydrogens is 269 g/mol. The molecule has 110 valence electrons. The van der Waals surface area contributed by atoms with Gasteiger partial charge < -0.3 is 14.8 Å². The molecule has 3 nitrogen and oxygen atoms in total. The molecule has 1 N–H and O–H groups in total. The predicted molar refractivity (Wildman–Crippen MR) is 80.6 cm³/mol. The Morgan fingerprint density at radius 1 is 0.952 bits per heavy atom. The van der Waals surface area contributed by atoms with Crippen LogP contribution in [0, 0.1) is 5.82 Å². The van der Waals surface area contributed by atoms with Gasteiger partial charge in [-0.05, 0) is 36.6 Å². The van der Waals surface area contributed by atoms with E-state index in [1.54, 1.807) is 18.2 Å². The van der Waals surface area contributed by atoms with E-state index in [4.69, 9.17) is 9.47 Å². The van der Waals surface area contributed by atoms with Crippen LogP contribution in [0.2, 0.25) is 0 Å². The molecule has 21 heavy (non-hydrogen) atoms. The standard InChI is InChI=1S/C17H18FNO2/c18-14-7-1-2-8-15(14)20-11-12-21-16-9-3-5-13-6-4-10-19-17(13)16/h1-3,5,7-9,19H,4,6,10-12H2. The van der Waals surface area contributed by atoms with Gasteiger partial charge in [-0.15, -0.1) is 0 Å². The lowest BCUT2D eigenvalue weighted by atomic mass is 10.0. The average molecular weight is 287 g/mol. The van der Waals surface area contributed by atoms with Crippen LogP contribution in [0.25, 0.3) is 0 Å². The minimum Gasteiger partial charge on any atom is -0.488 e. The first-order chi connectivity index (χ1) is 10.3. The van der Waals surface area contributed by atoms with Crippen molar-refractivity contribution < 1.29 is 13.9 Å². The first-order valence-electron chi connectivity index (χ1n) is 7.20. The summed E-state index contributed by atoms with van der Waals surface area (Å²) in [6.07, 6.45) is 2.22. The molecule has 0 aliphatic carbocycles. The van der Waals surface area contributed by atoms with Crippen molar-refractivity contribution in [3.63, 3.8) is 0 Å². The van der Waals surface area contributed by atoms with Gasteiger partial charge in [0.1, 0.15) is 19.0 Å². The lowest BCUT2D eigenvalue weighted by Crippen LogP contribution is -2.15. The number of rotatable bonds is 5. The fourth-order valence-electron chi connectivity index (χ4n) is 2.46. The molecule has 3 rings (SSSR count). The van der Waals surface area contributed by atoms with Crippen LogP contribution in [0.4, 0.5) is 10.1 Å². The van der Waals surface area contributed by atoms with Crippen LogP contribution in [-0.2, 0) is 6.42 Å². The van der Waals surface area contributed by atoms with E-state index in [2.05, 4.69) is 11.4 Å². The van der Waals surface area contributed by atoms with Gasteiger partial charge in [0.05, 0.1) is 5.69 Å². The zero-order valence-electron chi connectivity index (χ0n) is 11.8. The summed E-state index contributed by atoms with van der Waals surface area (Å²) in [6.45, 7) is 1.66. The summed E-state index contributed by atoms with van der Waals surface area (Å²) in [5.41, 5.74) is 2.36. The second-order valence-corrected chi connectivity index (χ2v) is 4.95. The first kappa shape index (κ1) is 13.7. The van der Waals surface area contributed by atoms with Crippen molar-refractivity contribution in [3.05, 3.63) is 53.8 Å². The molecule has 0 radical (unpaired) electrons. The van der Waals surface area contributed by atoms with E-state index in [0.29, 0.717) is 13.2 Å². The lowest BCUT2D eigenvalue weighted by Gasteiger charge is -2.21. The molecule has 2 aromatic rings.